The molecule has 0 aliphatic rings. The lowest BCUT2D eigenvalue weighted by Gasteiger charge is -2.06. The summed E-state index contributed by atoms with van der Waals surface area (Å²) in [6, 6.07) is 22.6. The number of benzene rings is 3. The van der Waals surface area contributed by atoms with E-state index in [0.717, 1.165) is 11.0 Å². The largest absolute Gasteiger partial charge is 0.340 e. The minimum atomic E-state index is -0.374. The van der Waals surface area contributed by atoms with Crippen LogP contribution in [0.25, 0.3) is 21.8 Å². The van der Waals surface area contributed by atoms with Gasteiger partial charge in [-0.1, -0.05) is 54.6 Å². The first-order chi connectivity index (χ1) is 13.2. The Bertz CT molecular complexity index is 1090. The molecule has 0 atom stereocenters. The number of fused-ring (bicyclic) bond motifs is 3. The second-order valence-electron chi connectivity index (χ2n) is 6.25. The first-order valence-corrected chi connectivity index (χ1v) is 8.76. The van der Waals surface area contributed by atoms with Crippen LogP contribution >= 0.6 is 0 Å². The van der Waals surface area contributed by atoms with E-state index in [1.54, 1.807) is 18.2 Å². The molecule has 3 aromatic carbocycles. The van der Waals surface area contributed by atoms with Crippen LogP contribution in [-0.4, -0.2) is 16.7 Å². The maximum atomic E-state index is 13.5. The fourth-order valence-corrected chi connectivity index (χ4v) is 3.27. The van der Waals surface area contributed by atoms with E-state index in [-0.39, 0.29) is 18.1 Å². The number of hydrogen-bond donors (Lipinski definition) is 1. The molecule has 5 heteroatoms. The smallest absolute Gasteiger partial charge is 0.241 e. The number of halogens is 1. The predicted octanol–water partition coefficient (Wildman–Crippen LogP) is 4.47. The summed E-state index contributed by atoms with van der Waals surface area (Å²) in [7, 11) is 0. The molecule has 0 aliphatic heterocycles. The number of aromatic nitrogens is 1. The van der Waals surface area contributed by atoms with Crippen LogP contribution in [0.1, 0.15) is 12.0 Å². The highest BCUT2D eigenvalue weighted by Crippen LogP contribution is 2.28. The van der Waals surface area contributed by atoms with Gasteiger partial charge in [-0.25, -0.2) is 9.82 Å². The van der Waals surface area contributed by atoms with Gasteiger partial charge in [0.25, 0.3) is 0 Å². The Morgan fingerprint density at radius 2 is 1.52 bits per heavy atom. The van der Waals surface area contributed by atoms with Crippen LogP contribution in [0.15, 0.2) is 77.9 Å². The van der Waals surface area contributed by atoms with E-state index < -0.39 is 0 Å². The fourth-order valence-electron chi connectivity index (χ4n) is 3.27. The first kappa shape index (κ1) is 17.0. The lowest BCUT2D eigenvalue weighted by atomic mass is 10.2. The molecule has 0 fully saturated rings. The third kappa shape index (κ3) is 3.44. The van der Waals surface area contributed by atoms with Gasteiger partial charge in [0.15, 0.2) is 0 Å². The Labute approximate surface area is 155 Å². The van der Waals surface area contributed by atoms with E-state index in [9.17, 15) is 9.18 Å². The molecular weight excluding hydrogens is 341 g/mol. The summed E-state index contributed by atoms with van der Waals surface area (Å²) in [5, 5.41) is 6.20. The number of hydrazone groups is 1. The van der Waals surface area contributed by atoms with Crippen LogP contribution in [0.5, 0.6) is 0 Å². The van der Waals surface area contributed by atoms with Crippen LogP contribution in [0.4, 0.5) is 4.39 Å². The van der Waals surface area contributed by atoms with Gasteiger partial charge in [0.1, 0.15) is 5.82 Å². The Kier molecular flexibility index (Phi) is 4.66. The normalized spacial score (nSPS) is 11.4. The molecule has 0 saturated carbocycles. The number of hydrogen-bond acceptors (Lipinski definition) is 2. The quantitative estimate of drug-likeness (QED) is 0.415. The van der Waals surface area contributed by atoms with Gasteiger partial charge in [-0.15, -0.1) is 0 Å². The summed E-state index contributed by atoms with van der Waals surface area (Å²) in [6.07, 6.45) is 1.59. The maximum Gasteiger partial charge on any atom is 0.241 e. The molecule has 4 nitrogen and oxygen atoms in total. The highest BCUT2D eigenvalue weighted by molar-refractivity contribution is 6.08. The summed E-state index contributed by atoms with van der Waals surface area (Å²) in [5.74, 6) is -0.592. The van der Waals surface area contributed by atoms with Crippen LogP contribution in [0.2, 0.25) is 0 Å². The molecule has 27 heavy (non-hydrogen) atoms. The average molecular weight is 359 g/mol. The van der Waals surface area contributed by atoms with Crippen molar-refractivity contribution < 1.29 is 9.18 Å². The fraction of sp³-hybridized carbons (Fsp3) is 0.0909. The van der Waals surface area contributed by atoms with Crippen LogP contribution < -0.4 is 5.43 Å². The number of para-hydroxylation sites is 2. The molecule has 1 aromatic heterocycles. The number of aryl methyl sites for hydroxylation is 1. The molecule has 1 N–H and O–H groups in total. The lowest BCUT2D eigenvalue weighted by Crippen LogP contribution is -2.19. The van der Waals surface area contributed by atoms with Crippen molar-refractivity contribution >= 4 is 33.9 Å². The topological polar surface area (TPSA) is 46.4 Å². The molecule has 134 valence electrons. The van der Waals surface area contributed by atoms with E-state index >= 15 is 0 Å². The van der Waals surface area contributed by atoms with Gasteiger partial charge in [0.2, 0.25) is 5.91 Å². The Morgan fingerprint density at radius 1 is 0.926 bits per heavy atom. The molecular formula is C22H18FN3O. The van der Waals surface area contributed by atoms with E-state index in [1.807, 2.05) is 24.3 Å². The monoisotopic (exact) mass is 359 g/mol. The summed E-state index contributed by atoms with van der Waals surface area (Å²) in [6.45, 7) is 0.537. The molecule has 0 saturated heterocycles. The van der Waals surface area contributed by atoms with Crippen molar-refractivity contribution in [3.63, 3.8) is 0 Å². The molecule has 0 bridgehead atoms. The van der Waals surface area contributed by atoms with Gasteiger partial charge >= 0.3 is 0 Å². The third-order valence-electron chi connectivity index (χ3n) is 4.54. The molecule has 0 spiro atoms. The summed E-state index contributed by atoms with van der Waals surface area (Å²) in [5.41, 5.74) is 5.00. The summed E-state index contributed by atoms with van der Waals surface area (Å²) in [4.78, 5) is 12.2. The maximum absolute atomic E-state index is 13.5. The van der Waals surface area contributed by atoms with Gasteiger partial charge in [-0.2, -0.15) is 5.10 Å². The van der Waals surface area contributed by atoms with E-state index in [4.69, 9.17) is 0 Å². The van der Waals surface area contributed by atoms with E-state index in [2.05, 4.69) is 39.4 Å². The molecule has 4 rings (SSSR count). The Hall–Kier alpha value is -3.47. The van der Waals surface area contributed by atoms with E-state index in [0.29, 0.717) is 12.1 Å². The van der Waals surface area contributed by atoms with Crippen molar-refractivity contribution in [3.05, 3.63) is 84.2 Å². The van der Waals surface area contributed by atoms with Crippen molar-refractivity contribution in [1.82, 2.24) is 9.99 Å². The zero-order valence-electron chi connectivity index (χ0n) is 14.6. The molecule has 0 aliphatic carbocycles. The number of rotatable bonds is 5. The zero-order chi connectivity index (χ0) is 18.6. The van der Waals surface area contributed by atoms with Gasteiger partial charge in [-0.3, -0.25) is 4.79 Å². The number of carbonyl (C=O) groups is 1. The van der Waals surface area contributed by atoms with Crippen LogP contribution in [0, 0.1) is 5.82 Å². The molecule has 0 radical (unpaired) electrons. The predicted molar refractivity (Wildman–Crippen MR) is 106 cm³/mol. The number of amides is 1. The number of nitrogens with one attached hydrogen (secondary N) is 1. The number of carbonyl (C=O) groups excluding carboxylic acids is 1. The second kappa shape index (κ2) is 7.41. The van der Waals surface area contributed by atoms with Gasteiger partial charge in [-0.05, 0) is 18.2 Å². The van der Waals surface area contributed by atoms with Crippen molar-refractivity contribution in [2.45, 2.75) is 13.0 Å². The Morgan fingerprint density at radius 3 is 2.19 bits per heavy atom. The third-order valence-corrected chi connectivity index (χ3v) is 4.54. The van der Waals surface area contributed by atoms with Crippen molar-refractivity contribution in [1.29, 1.82) is 0 Å². The van der Waals surface area contributed by atoms with Crippen molar-refractivity contribution in [2.75, 3.05) is 0 Å². The lowest BCUT2D eigenvalue weighted by molar-refractivity contribution is -0.121. The minimum Gasteiger partial charge on any atom is -0.340 e. The highest BCUT2D eigenvalue weighted by Gasteiger charge is 2.10. The molecule has 1 amide bonds. The van der Waals surface area contributed by atoms with Crippen molar-refractivity contribution in [2.24, 2.45) is 5.10 Å². The number of nitrogens with zero attached hydrogens (tertiary/aromatic N) is 2. The van der Waals surface area contributed by atoms with Gasteiger partial charge in [0, 0.05) is 40.3 Å². The summed E-state index contributed by atoms with van der Waals surface area (Å²) < 4.78 is 15.7. The second-order valence-corrected chi connectivity index (χ2v) is 6.25. The molecule has 4 aromatic rings. The standard InChI is InChI=1S/C22H18FN3O/c23-19-10-4-1-7-16(19)15-24-25-22(27)13-14-26-20-11-5-2-8-17(20)18-9-3-6-12-21(18)26/h1-12,15H,13-14H2,(H,25,27). The first-order valence-electron chi connectivity index (χ1n) is 8.76. The molecule has 0 unspecified atom stereocenters. The Balaban J connectivity index is 1.48. The van der Waals surface area contributed by atoms with Gasteiger partial charge < -0.3 is 4.57 Å². The summed E-state index contributed by atoms with van der Waals surface area (Å²) >= 11 is 0. The van der Waals surface area contributed by atoms with Crippen LogP contribution in [-0.2, 0) is 11.3 Å². The zero-order valence-corrected chi connectivity index (χ0v) is 14.6. The van der Waals surface area contributed by atoms with Crippen molar-refractivity contribution in [3.8, 4) is 0 Å². The van der Waals surface area contributed by atoms with Gasteiger partial charge in [0.05, 0.1) is 6.21 Å². The van der Waals surface area contributed by atoms with E-state index in [1.165, 1.54) is 23.1 Å². The SMILES string of the molecule is O=C(CCn1c2ccccc2c2ccccc21)NN=Cc1ccccc1F. The highest BCUT2D eigenvalue weighted by atomic mass is 19.1. The minimum absolute atomic E-state index is 0.218. The van der Waals surface area contributed by atoms with Crippen LogP contribution in [0.3, 0.4) is 0 Å². The average Bonchev–Trinajstić information content (AvgIpc) is 3.02. The molecule has 1 heterocycles.